The Morgan fingerprint density at radius 1 is 1.35 bits per heavy atom. The highest BCUT2D eigenvalue weighted by Crippen LogP contribution is 2.17. The molecule has 7 nitrogen and oxygen atoms in total. The second-order valence-electron chi connectivity index (χ2n) is 6.29. The number of ether oxygens (including phenoxy) is 1. The third kappa shape index (κ3) is 5.44. The van der Waals surface area contributed by atoms with Crippen LogP contribution >= 0.6 is 12.4 Å². The van der Waals surface area contributed by atoms with Crippen LogP contribution in [0.15, 0.2) is 30.5 Å². The molecule has 3 rings (SSSR count). The van der Waals surface area contributed by atoms with Gasteiger partial charge in [-0.15, -0.1) is 17.5 Å². The molecular weight excluding hydrogens is 354 g/mol. The van der Waals surface area contributed by atoms with Gasteiger partial charge in [-0.05, 0) is 50.9 Å². The second-order valence-corrected chi connectivity index (χ2v) is 6.29. The number of carbonyl (C=O) groups excluding carboxylic acids is 1. The van der Waals surface area contributed by atoms with Crippen molar-refractivity contribution in [1.82, 2.24) is 25.6 Å². The van der Waals surface area contributed by atoms with Crippen molar-refractivity contribution in [3.8, 4) is 5.75 Å². The van der Waals surface area contributed by atoms with Crippen LogP contribution in [-0.2, 0) is 0 Å². The Balaban J connectivity index is 0.00000243. The van der Waals surface area contributed by atoms with Crippen LogP contribution in [0.5, 0.6) is 5.75 Å². The van der Waals surface area contributed by atoms with Crippen LogP contribution in [0.2, 0.25) is 0 Å². The summed E-state index contributed by atoms with van der Waals surface area (Å²) < 4.78 is 7.53. The lowest BCUT2D eigenvalue weighted by Gasteiger charge is -2.22. The van der Waals surface area contributed by atoms with E-state index in [0.29, 0.717) is 24.9 Å². The van der Waals surface area contributed by atoms with Gasteiger partial charge in [-0.2, -0.15) is 0 Å². The van der Waals surface area contributed by atoms with Crippen LogP contribution in [-0.4, -0.2) is 47.1 Å². The number of amides is 1. The number of benzene rings is 1. The first kappa shape index (κ1) is 20.2. The molecule has 1 aromatic heterocycles. The van der Waals surface area contributed by atoms with E-state index in [9.17, 15) is 4.79 Å². The number of para-hydroxylation sites is 1. The van der Waals surface area contributed by atoms with Crippen LogP contribution < -0.4 is 15.4 Å². The van der Waals surface area contributed by atoms with Crippen molar-refractivity contribution >= 4 is 18.3 Å². The number of rotatable bonds is 7. The zero-order chi connectivity index (χ0) is 17.5. The van der Waals surface area contributed by atoms with Crippen molar-refractivity contribution in [1.29, 1.82) is 0 Å². The summed E-state index contributed by atoms with van der Waals surface area (Å²) in [5.74, 6) is 0.704. The lowest BCUT2D eigenvalue weighted by atomic mass is 10.1. The van der Waals surface area contributed by atoms with E-state index in [4.69, 9.17) is 4.74 Å². The molecule has 1 aromatic carbocycles. The summed E-state index contributed by atoms with van der Waals surface area (Å²) in [5, 5.41) is 14.3. The molecule has 0 radical (unpaired) electrons. The Bertz CT molecular complexity index is 700. The van der Waals surface area contributed by atoms with E-state index in [1.54, 1.807) is 6.20 Å². The summed E-state index contributed by atoms with van der Waals surface area (Å²) in [6.07, 6.45) is 4.51. The molecule has 0 atom stereocenters. The van der Waals surface area contributed by atoms with E-state index < -0.39 is 0 Å². The fourth-order valence-electron chi connectivity index (χ4n) is 2.90. The summed E-state index contributed by atoms with van der Waals surface area (Å²) in [6.45, 7) is 5.08. The fraction of sp³-hybridized carbons (Fsp3) is 0.500. The van der Waals surface area contributed by atoms with Gasteiger partial charge in [0, 0.05) is 6.54 Å². The number of piperidine rings is 1. The van der Waals surface area contributed by atoms with Gasteiger partial charge in [-0.25, -0.2) is 4.68 Å². The Labute approximate surface area is 159 Å². The van der Waals surface area contributed by atoms with Gasteiger partial charge in [0.2, 0.25) is 0 Å². The highest BCUT2D eigenvalue weighted by Gasteiger charge is 2.18. The molecule has 0 spiro atoms. The Morgan fingerprint density at radius 2 is 2.12 bits per heavy atom. The average molecular weight is 380 g/mol. The van der Waals surface area contributed by atoms with Crippen molar-refractivity contribution in [3.63, 3.8) is 0 Å². The van der Waals surface area contributed by atoms with E-state index >= 15 is 0 Å². The SMILES string of the molecule is Cc1ccccc1OCCCNC(=O)c1cn(C2CCNCC2)nn1.Cl. The standard InChI is InChI=1S/C18H25N5O2.ClH/c1-14-5-2-3-6-17(14)25-12-4-9-20-18(24)16-13-23(22-21-16)15-7-10-19-11-8-15;/h2-3,5-6,13,15,19H,4,7-12H2,1H3,(H,20,24);1H. The number of nitrogens with one attached hydrogen (secondary N) is 2. The minimum atomic E-state index is -0.184. The van der Waals surface area contributed by atoms with Gasteiger partial charge in [0.25, 0.3) is 5.91 Å². The molecule has 1 aliphatic rings. The van der Waals surface area contributed by atoms with E-state index in [1.165, 1.54) is 0 Å². The lowest BCUT2D eigenvalue weighted by Crippen LogP contribution is -2.29. The van der Waals surface area contributed by atoms with Gasteiger partial charge < -0.3 is 15.4 Å². The van der Waals surface area contributed by atoms with E-state index in [-0.39, 0.29) is 18.3 Å². The number of aryl methyl sites for hydroxylation is 1. The monoisotopic (exact) mass is 379 g/mol. The number of carbonyl (C=O) groups is 1. The number of halogens is 1. The highest BCUT2D eigenvalue weighted by molar-refractivity contribution is 5.91. The third-order valence-corrected chi connectivity index (χ3v) is 4.38. The number of nitrogens with zero attached hydrogens (tertiary/aromatic N) is 3. The highest BCUT2D eigenvalue weighted by atomic mass is 35.5. The molecule has 8 heteroatoms. The Kier molecular flexibility index (Phi) is 7.87. The van der Waals surface area contributed by atoms with Crippen LogP contribution in [0, 0.1) is 6.92 Å². The molecule has 1 saturated heterocycles. The van der Waals surface area contributed by atoms with Crippen molar-refractivity contribution < 1.29 is 9.53 Å². The molecule has 1 fully saturated rings. The zero-order valence-corrected chi connectivity index (χ0v) is 15.8. The maximum absolute atomic E-state index is 12.1. The summed E-state index contributed by atoms with van der Waals surface area (Å²) in [6, 6.07) is 8.24. The zero-order valence-electron chi connectivity index (χ0n) is 15.0. The largest absolute Gasteiger partial charge is 0.493 e. The van der Waals surface area contributed by atoms with Crippen molar-refractivity contribution in [2.45, 2.75) is 32.2 Å². The maximum Gasteiger partial charge on any atom is 0.273 e. The molecular formula is C18H26ClN5O2. The minimum Gasteiger partial charge on any atom is -0.493 e. The predicted molar refractivity (Wildman–Crippen MR) is 102 cm³/mol. The molecule has 0 aliphatic carbocycles. The van der Waals surface area contributed by atoms with Gasteiger partial charge in [-0.3, -0.25) is 4.79 Å². The summed E-state index contributed by atoms with van der Waals surface area (Å²) in [7, 11) is 0. The Morgan fingerprint density at radius 3 is 2.88 bits per heavy atom. The Hall–Kier alpha value is -2.12. The molecule has 0 bridgehead atoms. The smallest absolute Gasteiger partial charge is 0.273 e. The molecule has 1 amide bonds. The van der Waals surface area contributed by atoms with Crippen LogP contribution in [0.3, 0.4) is 0 Å². The molecule has 0 unspecified atom stereocenters. The maximum atomic E-state index is 12.1. The van der Waals surface area contributed by atoms with Gasteiger partial charge in [0.05, 0.1) is 18.8 Å². The number of aromatic nitrogens is 3. The molecule has 2 N–H and O–H groups in total. The van der Waals surface area contributed by atoms with Gasteiger partial charge >= 0.3 is 0 Å². The van der Waals surface area contributed by atoms with Crippen LogP contribution in [0.1, 0.15) is 41.4 Å². The third-order valence-electron chi connectivity index (χ3n) is 4.38. The van der Waals surface area contributed by atoms with Gasteiger partial charge in [0.15, 0.2) is 5.69 Å². The summed E-state index contributed by atoms with van der Waals surface area (Å²) >= 11 is 0. The fourth-order valence-corrected chi connectivity index (χ4v) is 2.90. The average Bonchev–Trinajstić information content (AvgIpc) is 3.14. The van der Waals surface area contributed by atoms with Crippen molar-refractivity contribution in [3.05, 3.63) is 41.7 Å². The first-order valence-electron chi connectivity index (χ1n) is 8.83. The van der Waals surface area contributed by atoms with E-state index in [0.717, 1.165) is 43.7 Å². The summed E-state index contributed by atoms with van der Waals surface area (Å²) in [4.78, 5) is 12.1. The second kappa shape index (κ2) is 10.1. The molecule has 1 aliphatic heterocycles. The molecule has 26 heavy (non-hydrogen) atoms. The first-order valence-corrected chi connectivity index (χ1v) is 8.83. The van der Waals surface area contributed by atoms with Crippen molar-refractivity contribution in [2.75, 3.05) is 26.2 Å². The number of hydrogen-bond acceptors (Lipinski definition) is 5. The van der Waals surface area contributed by atoms with Crippen molar-refractivity contribution in [2.24, 2.45) is 0 Å². The number of hydrogen-bond donors (Lipinski definition) is 2. The molecule has 142 valence electrons. The van der Waals surface area contributed by atoms with E-state index in [2.05, 4.69) is 20.9 Å². The van der Waals surface area contributed by atoms with Crippen LogP contribution in [0.25, 0.3) is 0 Å². The topological polar surface area (TPSA) is 81.1 Å². The first-order chi connectivity index (χ1) is 12.2. The summed E-state index contributed by atoms with van der Waals surface area (Å²) in [5.41, 5.74) is 1.49. The van der Waals surface area contributed by atoms with Gasteiger partial charge in [-0.1, -0.05) is 23.4 Å². The van der Waals surface area contributed by atoms with Gasteiger partial charge in [0.1, 0.15) is 5.75 Å². The molecule has 0 saturated carbocycles. The molecule has 2 heterocycles. The molecule has 2 aromatic rings. The van der Waals surface area contributed by atoms with E-state index in [1.807, 2.05) is 35.9 Å². The minimum absolute atomic E-state index is 0. The van der Waals surface area contributed by atoms with Crippen LogP contribution in [0.4, 0.5) is 0 Å². The quantitative estimate of drug-likeness (QED) is 0.720. The normalized spacial score (nSPS) is 14.5. The lowest BCUT2D eigenvalue weighted by molar-refractivity contribution is 0.0946. The predicted octanol–water partition coefficient (Wildman–Crippen LogP) is 2.13.